The third-order valence-corrected chi connectivity index (χ3v) is 4.65. The molecule has 0 radical (unpaired) electrons. The molecule has 4 rings (SSSR count). The van der Waals surface area contributed by atoms with Crippen LogP contribution in [0.2, 0.25) is 0 Å². The van der Waals surface area contributed by atoms with Gasteiger partial charge in [-0.05, 0) is 44.8 Å². The summed E-state index contributed by atoms with van der Waals surface area (Å²) in [5.74, 6) is 0.0591. The Morgan fingerprint density at radius 1 is 1.45 bits per heavy atom. The SMILES string of the molecule is CC1(NC(=O)c2ccc(OC(F)F)nc2)CN2CCC1CC2. The van der Waals surface area contributed by atoms with Gasteiger partial charge in [0.05, 0.1) is 11.1 Å². The molecule has 120 valence electrons. The van der Waals surface area contributed by atoms with Gasteiger partial charge in [-0.2, -0.15) is 8.78 Å². The maximum atomic E-state index is 12.4. The number of fused-ring (bicyclic) bond motifs is 3. The molecule has 5 nitrogen and oxygen atoms in total. The minimum Gasteiger partial charge on any atom is -0.417 e. The van der Waals surface area contributed by atoms with Gasteiger partial charge >= 0.3 is 6.61 Å². The summed E-state index contributed by atoms with van der Waals surface area (Å²) >= 11 is 0. The Kier molecular flexibility index (Phi) is 3.99. The quantitative estimate of drug-likeness (QED) is 0.923. The van der Waals surface area contributed by atoms with Crippen molar-refractivity contribution >= 4 is 5.91 Å². The Balaban J connectivity index is 1.66. The summed E-state index contributed by atoms with van der Waals surface area (Å²) in [4.78, 5) is 18.5. The van der Waals surface area contributed by atoms with Crippen LogP contribution >= 0.6 is 0 Å². The van der Waals surface area contributed by atoms with Crippen molar-refractivity contribution in [2.75, 3.05) is 19.6 Å². The Bertz CT molecular complexity index is 544. The average molecular weight is 311 g/mol. The first-order chi connectivity index (χ1) is 10.5. The molecule has 1 atom stereocenters. The van der Waals surface area contributed by atoms with Crippen LogP contribution in [0, 0.1) is 5.92 Å². The lowest BCUT2D eigenvalue weighted by molar-refractivity contribution is -0.0528. The standard InChI is InChI=1S/C15H19F2N3O2/c1-15(9-20-6-4-11(15)5-7-20)19-13(21)10-2-3-12(18-8-10)22-14(16)17/h2-3,8,11,14H,4-7,9H2,1H3,(H,19,21). The maximum absolute atomic E-state index is 12.4. The number of alkyl halides is 2. The highest BCUT2D eigenvalue weighted by molar-refractivity contribution is 5.94. The maximum Gasteiger partial charge on any atom is 0.388 e. The van der Waals surface area contributed by atoms with Crippen LogP contribution in [0.25, 0.3) is 0 Å². The number of hydrogen-bond donors (Lipinski definition) is 1. The van der Waals surface area contributed by atoms with Gasteiger partial charge in [-0.25, -0.2) is 4.98 Å². The molecule has 0 saturated carbocycles. The number of nitrogens with one attached hydrogen (secondary N) is 1. The van der Waals surface area contributed by atoms with Gasteiger partial charge in [0.2, 0.25) is 5.88 Å². The molecule has 0 spiro atoms. The van der Waals surface area contributed by atoms with Crippen LogP contribution in [0.15, 0.2) is 18.3 Å². The van der Waals surface area contributed by atoms with E-state index in [1.807, 2.05) is 0 Å². The highest BCUT2D eigenvalue weighted by Crippen LogP contribution is 2.35. The Labute approximate surface area is 127 Å². The van der Waals surface area contributed by atoms with Crippen molar-refractivity contribution in [3.8, 4) is 5.88 Å². The Hall–Kier alpha value is -1.76. The molecule has 3 saturated heterocycles. The number of rotatable bonds is 4. The first kappa shape index (κ1) is 15.1. The molecule has 3 aliphatic rings. The van der Waals surface area contributed by atoms with E-state index < -0.39 is 6.61 Å². The van der Waals surface area contributed by atoms with Crippen LogP contribution in [0.3, 0.4) is 0 Å². The number of aromatic nitrogens is 1. The first-order valence-corrected chi connectivity index (χ1v) is 7.42. The number of nitrogens with zero attached hydrogens (tertiary/aromatic N) is 2. The van der Waals surface area contributed by atoms with E-state index in [1.165, 1.54) is 18.3 Å². The lowest BCUT2D eigenvalue weighted by atomic mass is 9.74. The van der Waals surface area contributed by atoms with Gasteiger partial charge in [0.1, 0.15) is 0 Å². The van der Waals surface area contributed by atoms with Gasteiger partial charge in [-0.1, -0.05) is 0 Å². The second-order valence-electron chi connectivity index (χ2n) is 6.19. The summed E-state index contributed by atoms with van der Waals surface area (Å²) in [5.41, 5.74) is 0.102. The summed E-state index contributed by atoms with van der Waals surface area (Å²) < 4.78 is 28.3. The van der Waals surface area contributed by atoms with E-state index in [9.17, 15) is 13.6 Å². The molecule has 1 unspecified atom stereocenters. The minimum atomic E-state index is -2.92. The highest BCUT2D eigenvalue weighted by atomic mass is 19.3. The molecule has 1 aromatic rings. The van der Waals surface area contributed by atoms with E-state index in [0.29, 0.717) is 11.5 Å². The van der Waals surface area contributed by atoms with Crippen LogP contribution in [0.1, 0.15) is 30.1 Å². The molecule has 0 aromatic carbocycles. The first-order valence-electron chi connectivity index (χ1n) is 7.42. The number of piperidine rings is 3. The normalized spacial score (nSPS) is 30.4. The number of pyridine rings is 1. The van der Waals surface area contributed by atoms with Gasteiger partial charge in [0.15, 0.2) is 0 Å². The van der Waals surface area contributed by atoms with Crippen LogP contribution in [-0.2, 0) is 0 Å². The second-order valence-corrected chi connectivity index (χ2v) is 6.19. The lowest BCUT2D eigenvalue weighted by Crippen LogP contribution is -2.65. The topological polar surface area (TPSA) is 54.5 Å². The summed E-state index contributed by atoms with van der Waals surface area (Å²) in [5, 5.41) is 3.09. The van der Waals surface area contributed by atoms with Crippen molar-refractivity contribution in [1.29, 1.82) is 0 Å². The van der Waals surface area contributed by atoms with Gasteiger partial charge in [-0.15, -0.1) is 0 Å². The summed E-state index contributed by atoms with van der Waals surface area (Å²) in [6, 6.07) is 2.73. The van der Waals surface area contributed by atoms with E-state index in [-0.39, 0.29) is 17.3 Å². The predicted octanol–water partition coefficient (Wildman–Crippen LogP) is 1.90. The monoisotopic (exact) mass is 311 g/mol. The van der Waals surface area contributed by atoms with Crippen LogP contribution in [-0.4, -0.2) is 47.6 Å². The number of hydrogen-bond acceptors (Lipinski definition) is 4. The number of halogens is 2. The summed E-state index contributed by atoms with van der Waals surface area (Å²) in [6.45, 7) is 2.19. The van der Waals surface area contributed by atoms with Crippen LogP contribution in [0.4, 0.5) is 8.78 Å². The van der Waals surface area contributed by atoms with Crippen molar-refractivity contribution in [3.63, 3.8) is 0 Å². The van der Waals surface area contributed by atoms with E-state index in [1.54, 1.807) is 0 Å². The fraction of sp³-hybridized carbons (Fsp3) is 0.600. The summed E-state index contributed by atoms with van der Waals surface area (Å²) in [7, 11) is 0. The third-order valence-electron chi connectivity index (χ3n) is 4.65. The molecule has 3 aliphatic heterocycles. The number of carbonyl (C=O) groups excluding carboxylic acids is 1. The van der Waals surface area contributed by atoms with Gasteiger partial charge in [-0.3, -0.25) is 4.79 Å². The van der Waals surface area contributed by atoms with E-state index in [0.717, 1.165) is 32.5 Å². The third kappa shape index (κ3) is 3.04. The molecular formula is C15H19F2N3O2. The molecule has 7 heteroatoms. The zero-order chi connectivity index (χ0) is 15.7. The molecule has 4 heterocycles. The zero-order valence-electron chi connectivity index (χ0n) is 12.4. The van der Waals surface area contributed by atoms with Crippen LogP contribution < -0.4 is 10.1 Å². The fourth-order valence-electron chi connectivity index (χ4n) is 3.47. The lowest BCUT2D eigenvalue weighted by Gasteiger charge is -2.51. The predicted molar refractivity (Wildman–Crippen MR) is 75.9 cm³/mol. The zero-order valence-corrected chi connectivity index (χ0v) is 12.4. The van der Waals surface area contributed by atoms with Crippen molar-refractivity contribution in [3.05, 3.63) is 23.9 Å². The van der Waals surface area contributed by atoms with Crippen molar-refractivity contribution < 1.29 is 18.3 Å². The van der Waals surface area contributed by atoms with Crippen LogP contribution in [0.5, 0.6) is 5.88 Å². The van der Waals surface area contributed by atoms with Crippen molar-refractivity contribution in [2.45, 2.75) is 31.9 Å². The van der Waals surface area contributed by atoms with E-state index in [4.69, 9.17) is 0 Å². The smallest absolute Gasteiger partial charge is 0.388 e. The highest BCUT2D eigenvalue weighted by Gasteiger charge is 2.44. The molecule has 2 bridgehead atoms. The molecule has 3 fully saturated rings. The van der Waals surface area contributed by atoms with Gasteiger partial charge < -0.3 is 15.0 Å². The number of amides is 1. The molecule has 0 aliphatic carbocycles. The summed E-state index contributed by atoms with van der Waals surface area (Å²) in [6.07, 6.45) is 3.45. The Morgan fingerprint density at radius 3 is 2.68 bits per heavy atom. The second kappa shape index (κ2) is 5.79. The fourth-order valence-corrected chi connectivity index (χ4v) is 3.47. The minimum absolute atomic E-state index is 0.194. The van der Waals surface area contributed by atoms with E-state index >= 15 is 0 Å². The number of ether oxygens (including phenoxy) is 1. The molecule has 22 heavy (non-hydrogen) atoms. The molecule has 1 amide bonds. The largest absolute Gasteiger partial charge is 0.417 e. The van der Waals surface area contributed by atoms with Crippen molar-refractivity contribution in [1.82, 2.24) is 15.2 Å². The Morgan fingerprint density at radius 2 is 2.18 bits per heavy atom. The van der Waals surface area contributed by atoms with Crippen molar-refractivity contribution in [2.24, 2.45) is 5.92 Å². The molecular weight excluding hydrogens is 292 g/mol. The number of carbonyl (C=O) groups is 1. The average Bonchev–Trinajstić information content (AvgIpc) is 2.47. The van der Waals surface area contributed by atoms with Gasteiger partial charge in [0.25, 0.3) is 5.91 Å². The van der Waals surface area contributed by atoms with E-state index in [2.05, 4.69) is 26.9 Å². The van der Waals surface area contributed by atoms with Gasteiger partial charge in [0, 0.05) is 18.8 Å². The molecule has 1 aromatic heterocycles. The molecule has 1 N–H and O–H groups in total.